The van der Waals surface area contributed by atoms with Gasteiger partial charge in [0.05, 0.1) is 0 Å². The molecular weight excluding hydrogens is 248 g/mol. The van der Waals surface area contributed by atoms with Gasteiger partial charge in [-0.3, -0.25) is 9.69 Å². The van der Waals surface area contributed by atoms with Crippen LogP contribution in [0.5, 0.6) is 0 Å². The van der Waals surface area contributed by atoms with Gasteiger partial charge in [0, 0.05) is 43.5 Å². The molecule has 3 heteroatoms. The number of hydrogen-bond donors (Lipinski definition) is 0. The highest BCUT2D eigenvalue weighted by atomic mass is 16.1. The van der Waals surface area contributed by atoms with Crippen molar-refractivity contribution in [2.24, 2.45) is 0 Å². The van der Waals surface area contributed by atoms with Crippen molar-refractivity contribution in [1.82, 2.24) is 4.90 Å². The van der Waals surface area contributed by atoms with Crippen LogP contribution >= 0.6 is 0 Å². The highest BCUT2D eigenvalue weighted by Gasteiger charge is 2.26. The van der Waals surface area contributed by atoms with Crippen LogP contribution in [0.25, 0.3) is 0 Å². The Labute approximate surface area is 121 Å². The van der Waals surface area contributed by atoms with Gasteiger partial charge < -0.3 is 4.90 Å². The lowest BCUT2D eigenvalue weighted by Crippen LogP contribution is -2.50. The Morgan fingerprint density at radius 3 is 2.35 bits per heavy atom. The summed E-state index contributed by atoms with van der Waals surface area (Å²) in [7, 11) is 0. The normalized spacial score (nSPS) is 21.4. The van der Waals surface area contributed by atoms with E-state index >= 15 is 0 Å². The Balaban J connectivity index is 1.67. The minimum absolute atomic E-state index is 0.166. The number of ketones is 1. The summed E-state index contributed by atoms with van der Waals surface area (Å²) in [6.07, 6.45) is 5.56. The molecule has 0 N–H and O–H groups in total. The maximum absolute atomic E-state index is 11.7. The van der Waals surface area contributed by atoms with E-state index in [1.807, 2.05) is 18.2 Å². The number of hydrogen-bond acceptors (Lipinski definition) is 3. The molecule has 0 unspecified atom stereocenters. The molecule has 0 radical (unpaired) electrons. The van der Waals surface area contributed by atoms with Gasteiger partial charge >= 0.3 is 0 Å². The zero-order valence-corrected chi connectivity index (χ0v) is 12.3. The number of para-hydroxylation sites is 1. The molecule has 108 valence electrons. The lowest BCUT2D eigenvalue weighted by Gasteiger charge is -2.39. The maximum atomic E-state index is 11.7. The summed E-state index contributed by atoms with van der Waals surface area (Å²) in [4.78, 5) is 16.8. The molecule has 1 aromatic rings. The van der Waals surface area contributed by atoms with Gasteiger partial charge in [-0.25, -0.2) is 0 Å². The van der Waals surface area contributed by atoms with E-state index in [1.54, 1.807) is 6.92 Å². The number of carbonyl (C=O) groups is 1. The number of nitrogens with zero attached hydrogens (tertiary/aromatic N) is 2. The molecule has 3 rings (SSSR count). The van der Waals surface area contributed by atoms with Crippen LogP contribution in [0.3, 0.4) is 0 Å². The molecule has 0 aromatic heterocycles. The molecule has 1 saturated carbocycles. The average Bonchev–Trinajstić information content (AvgIpc) is 3.02. The molecule has 1 aliphatic carbocycles. The Kier molecular flexibility index (Phi) is 4.06. The van der Waals surface area contributed by atoms with Crippen LogP contribution in [-0.4, -0.2) is 42.9 Å². The SMILES string of the molecule is CC(=O)c1ccccc1N1CCN(C2CCCC2)CC1. The molecule has 20 heavy (non-hydrogen) atoms. The molecule has 0 atom stereocenters. The fraction of sp³-hybridized carbons (Fsp3) is 0.588. The molecule has 0 amide bonds. The summed E-state index contributed by atoms with van der Waals surface area (Å²) in [6, 6.07) is 8.84. The second-order valence-electron chi connectivity index (χ2n) is 6.03. The van der Waals surface area contributed by atoms with Gasteiger partial charge in [0.2, 0.25) is 0 Å². The standard InChI is InChI=1S/C17H24N2O/c1-14(20)16-8-4-5-9-17(16)19-12-10-18(11-13-19)15-6-2-3-7-15/h4-5,8-9,15H,2-3,6-7,10-13H2,1H3. The van der Waals surface area contributed by atoms with Crippen LogP contribution in [-0.2, 0) is 0 Å². The second-order valence-corrected chi connectivity index (χ2v) is 6.03. The summed E-state index contributed by atoms with van der Waals surface area (Å²) in [5.41, 5.74) is 1.98. The van der Waals surface area contributed by atoms with Crippen molar-refractivity contribution < 1.29 is 4.79 Å². The quantitative estimate of drug-likeness (QED) is 0.790. The van der Waals surface area contributed by atoms with E-state index in [4.69, 9.17) is 0 Å². The van der Waals surface area contributed by atoms with Crippen molar-refractivity contribution in [1.29, 1.82) is 0 Å². The van der Waals surface area contributed by atoms with Crippen molar-refractivity contribution in [3.05, 3.63) is 29.8 Å². The van der Waals surface area contributed by atoms with Crippen molar-refractivity contribution in [2.75, 3.05) is 31.1 Å². The third kappa shape index (κ3) is 2.73. The molecule has 2 aliphatic rings. The van der Waals surface area contributed by atoms with Crippen LogP contribution in [0, 0.1) is 0 Å². The number of anilines is 1. The molecule has 3 nitrogen and oxygen atoms in total. The third-order valence-electron chi connectivity index (χ3n) is 4.78. The van der Waals surface area contributed by atoms with E-state index in [2.05, 4.69) is 15.9 Å². The van der Waals surface area contributed by atoms with Gasteiger partial charge in [-0.1, -0.05) is 25.0 Å². The van der Waals surface area contributed by atoms with Crippen molar-refractivity contribution in [3.8, 4) is 0 Å². The Bertz CT molecular complexity index is 472. The highest BCUT2D eigenvalue weighted by Crippen LogP contribution is 2.27. The fourth-order valence-electron chi connectivity index (χ4n) is 3.64. The lowest BCUT2D eigenvalue weighted by molar-refractivity contribution is 0.101. The smallest absolute Gasteiger partial charge is 0.161 e. The Morgan fingerprint density at radius 2 is 1.70 bits per heavy atom. The number of piperazine rings is 1. The van der Waals surface area contributed by atoms with Crippen molar-refractivity contribution in [3.63, 3.8) is 0 Å². The second kappa shape index (κ2) is 5.96. The largest absolute Gasteiger partial charge is 0.368 e. The number of Topliss-reactive ketones (excluding diaryl/α,β-unsaturated/α-hetero) is 1. The predicted octanol–water partition coefficient (Wildman–Crippen LogP) is 2.95. The average molecular weight is 272 g/mol. The van der Waals surface area contributed by atoms with Crippen LogP contribution in [0.15, 0.2) is 24.3 Å². The first-order valence-electron chi connectivity index (χ1n) is 7.84. The maximum Gasteiger partial charge on any atom is 0.161 e. The molecular formula is C17H24N2O. The van der Waals surface area contributed by atoms with Crippen LogP contribution in [0.1, 0.15) is 43.0 Å². The molecule has 2 fully saturated rings. The van der Waals surface area contributed by atoms with E-state index < -0.39 is 0 Å². The van der Waals surface area contributed by atoms with Crippen LogP contribution in [0.4, 0.5) is 5.69 Å². The van der Waals surface area contributed by atoms with Crippen LogP contribution < -0.4 is 4.90 Å². The first-order chi connectivity index (χ1) is 9.75. The van der Waals surface area contributed by atoms with Gasteiger partial charge in [0.15, 0.2) is 5.78 Å². The zero-order valence-electron chi connectivity index (χ0n) is 12.3. The van der Waals surface area contributed by atoms with E-state index in [0.717, 1.165) is 43.5 Å². The minimum Gasteiger partial charge on any atom is -0.368 e. The molecule has 0 bridgehead atoms. The first-order valence-corrected chi connectivity index (χ1v) is 7.84. The van der Waals surface area contributed by atoms with Crippen molar-refractivity contribution in [2.45, 2.75) is 38.6 Å². The van der Waals surface area contributed by atoms with Gasteiger partial charge in [0.25, 0.3) is 0 Å². The number of benzene rings is 1. The van der Waals surface area contributed by atoms with E-state index in [1.165, 1.54) is 25.7 Å². The summed E-state index contributed by atoms with van der Waals surface area (Å²) in [5, 5.41) is 0. The minimum atomic E-state index is 0.166. The fourth-order valence-corrected chi connectivity index (χ4v) is 3.64. The summed E-state index contributed by atoms with van der Waals surface area (Å²) >= 11 is 0. The van der Waals surface area contributed by atoms with Gasteiger partial charge in [-0.15, -0.1) is 0 Å². The summed E-state index contributed by atoms with van der Waals surface area (Å²) < 4.78 is 0. The van der Waals surface area contributed by atoms with Crippen molar-refractivity contribution >= 4 is 11.5 Å². The predicted molar refractivity (Wildman–Crippen MR) is 82.5 cm³/mol. The molecule has 1 heterocycles. The van der Waals surface area contributed by atoms with E-state index in [-0.39, 0.29) is 5.78 Å². The van der Waals surface area contributed by atoms with E-state index in [0.29, 0.717) is 0 Å². The van der Waals surface area contributed by atoms with E-state index in [9.17, 15) is 4.79 Å². The summed E-state index contributed by atoms with van der Waals surface area (Å²) in [5.74, 6) is 0.166. The molecule has 1 saturated heterocycles. The van der Waals surface area contributed by atoms with Crippen LogP contribution in [0.2, 0.25) is 0 Å². The third-order valence-corrected chi connectivity index (χ3v) is 4.78. The lowest BCUT2D eigenvalue weighted by atomic mass is 10.1. The monoisotopic (exact) mass is 272 g/mol. The first kappa shape index (κ1) is 13.6. The molecule has 0 spiro atoms. The number of rotatable bonds is 3. The van der Waals surface area contributed by atoms with Gasteiger partial charge in [-0.05, 0) is 31.9 Å². The Hall–Kier alpha value is -1.35. The number of carbonyl (C=O) groups excluding carboxylic acids is 1. The summed E-state index contributed by atoms with van der Waals surface area (Å²) in [6.45, 7) is 6.02. The van der Waals surface area contributed by atoms with Gasteiger partial charge in [0.1, 0.15) is 0 Å². The topological polar surface area (TPSA) is 23.6 Å². The molecule has 1 aromatic carbocycles. The highest BCUT2D eigenvalue weighted by molar-refractivity contribution is 5.99. The zero-order chi connectivity index (χ0) is 13.9. The molecule has 1 aliphatic heterocycles. The van der Waals surface area contributed by atoms with Gasteiger partial charge in [-0.2, -0.15) is 0 Å². The Morgan fingerprint density at radius 1 is 1.05 bits per heavy atom.